The predicted molar refractivity (Wildman–Crippen MR) is 126 cm³/mol. The number of carbonyl (C=O) groups is 1. The highest BCUT2D eigenvalue weighted by atomic mass is 19.4. The maximum atomic E-state index is 13.2. The van der Waals surface area contributed by atoms with Gasteiger partial charge in [-0.15, -0.1) is 0 Å². The predicted octanol–water partition coefficient (Wildman–Crippen LogP) is 5.73. The molecule has 2 aromatic rings. The van der Waals surface area contributed by atoms with Gasteiger partial charge in [0.1, 0.15) is 18.1 Å². The van der Waals surface area contributed by atoms with Crippen LogP contribution in [0.5, 0.6) is 11.5 Å². The van der Waals surface area contributed by atoms with Crippen molar-refractivity contribution in [2.24, 2.45) is 0 Å². The summed E-state index contributed by atoms with van der Waals surface area (Å²) in [4.78, 5) is 17.0. The van der Waals surface area contributed by atoms with Gasteiger partial charge in [0, 0.05) is 11.6 Å². The number of hydrogen-bond acceptors (Lipinski definition) is 5. The third-order valence-electron chi connectivity index (χ3n) is 5.98. The topological polar surface area (TPSA) is 51.2 Å². The van der Waals surface area contributed by atoms with E-state index < -0.39 is 17.8 Å². The molecule has 0 N–H and O–H groups in total. The smallest absolute Gasteiger partial charge is 0.416 e. The summed E-state index contributed by atoms with van der Waals surface area (Å²) in [5, 5.41) is 0. The molecule has 1 aliphatic rings. The van der Waals surface area contributed by atoms with Crippen LogP contribution in [-0.4, -0.2) is 55.3 Å². The highest BCUT2D eigenvalue weighted by molar-refractivity contribution is 5.68. The SMILES string of the molecule is COc1cc(C(F)(F)F)ccc1CN(C(=O)OCc1ccc(OC(C)C)cc1)C1CCN(C)CC1. The number of piperidine rings is 1. The van der Waals surface area contributed by atoms with E-state index in [4.69, 9.17) is 14.2 Å². The molecule has 35 heavy (non-hydrogen) atoms. The van der Waals surface area contributed by atoms with Crippen LogP contribution in [0.1, 0.15) is 43.4 Å². The standard InChI is InChI=1S/C26H33F3N2O4/c1-18(2)35-23-9-5-19(6-10-23)17-34-25(32)31(22-11-13-30(3)14-12-22)16-20-7-8-21(26(27,28)29)15-24(20)33-4/h5-10,15,18,22H,11-14,16-17H2,1-4H3. The summed E-state index contributed by atoms with van der Waals surface area (Å²) in [7, 11) is 3.34. The van der Waals surface area contributed by atoms with Gasteiger partial charge in [-0.05, 0) is 76.7 Å². The number of alkyl halides is 3. The quantitative estimate of drug-likeness (QED) is 0.469. The summed E-state index contributed by atoms with van der Waals surface area (Å²) in [5.74, 6) is 0.823. The number of methoxy groups -OCH3 is 1. The molecule has 192 valence electrons. The molecule has 2 aromatic carbocycles. The Morgan fingerprint density at radius 3 is 2.34 bits per heavy atom. The monoisotopic (exact) mass is 494 g/mol. The van der Waals surface area contributed by atoms with Gasteiger partial charge < -0.3 is 24.0 Å². The third kappa shape index (κ3) is 7.52. The second kappa shape index (κ2) is 11.7. The van der Waals surface area contributed by atoms with E-state index in [1.165, 1.54) is 13.2 Å². The minimum atomic E-state index is -4.48. The number of likely N-dealkylation sites (tertiary alicyclic amines) is 1. The van der Waals surface area contributed by atoms with E-state index in [2.05, 4.69) is 4.90 Å². The number of carbonyl (C=O) groups excluding carboxylic acids is 1. The van der Waals surface area contributed by atoms with E-state index >= 15 is 0 Å². The summed E-state index contributed by atoms with van der Waals surface area (Å²) in [6, 6.07) is 10.6. The molecule has 9 heteroatoms. The van der Waals surface area contributed by atoms with Gasteiger partial charge in [0.05, 0.1) is 25.3 Å². The van der Waals surface area contributed by atoms with Crippen LogP contribution in [0.15, 0.2) is 42.5 Å². The zero-order valence-electron chi connectivity index (χ0n) is 20.6. The number of benzene rings is 2. The molecular weight excluding hydrogens is 461 g/mol. The van der Waals surface area contributed by atoms with Crippen molar-refractivity contribution in [1.82, 2.24) is 9.80 Å². The zero-order valence-corrected chi connectivity index (χ0v) is 20.6. The Hall–Kier alpha value is -2.94. The molecule has 1 fully saturated rings. The van der Waals surface area contributed by atoms with Crippen LogP contribution in [0.2, 0.25) is 0 Å². The Morgan fingerprint density at radius 2 is 1.77 bits per heavy atom. The molecule has 1 amide bonds. The first kappa shape index (κ1) is 26.7. The summed E-state index contributed by atoms with van der Waals surface area (Å²) in [6.45, 7) is 5.69. The second-order valence-corrected chi connectivity index (χ2v) is 9.05. The average molecular weight is 495 g/mol. The lowest BCUT2D eigenvalue weighted by Crippen LogP contribution is -2.46. The molecule has 0 spiro atoms. The highest BCUT2D eigenvalue weighted by Gasteiger charge is 2.33. The van der Waals surface area contributed by atoms with Gasteiger partial charge in [0.25, 0.3) is 0 Å². The Morgan fingerprint density at radius 1 is 1.11 bits per heavy atom. The summed E-state index contributed by atoms with van der Waals surface area (Å²) in [5.41, 5.74) is 0.507. The van der Waals surface area contributed by atoms with Crippen molar-refractivity contribution in [2.75, 3.05) is 27.2 Å². The minimum absolute atomic E-state index is 0.0592. The molecule has 1 saturated heterocycles. The van der Waals surface area contributed by atoms with Gasteiger partial charge >= 0.3 is 12.3 Å². The number of ether oxygens (including phenoxy) is 3. The average Bonchev–Trinajstić information content (AvgIpc) is 2.81. The Bertz CT molecular complexity index is 972. The molecule has 0 aliphatic carbocycles. The van der Waals surface area contributed by atoms with Gasteiger partial charge in [-0.25, -0.2) is 4.79 Å². The molecule has 3 rings (SSSR count). The molecule has 0 aromatic heterocycles. The molecule has 1 aliphatic heterocycles. The first-order valence-corrected chi connectivity index (χ1v) is 11.7. The minimum Gasteiger partial charge on any atom is -0.496 e. The summed E-state index contributed by atoms with van der Waals surface area (Å²) in [6.07, 6.45) is -3.44. The van der Waals surface area contributed by atoms with E-state index in [1.54, 1.807) is 4.90 Å². The van der Waals surface area contributed by atoms with Gasteiger partial charge in [0.2, 0.25) is 0 Å². The Kier molecular flexibility index (Phi) is 8.88. The van der Waals surface area contributed by atoms with Crippen molar-refractivity contribution in [3.05, 3.63) is 59.2 Å². The molecule has 0 atom stereocenters. The second-order valence-electron chi connectivity index (χ2n) is 9.05. The summed E-state index contributed by atoms with van der Waals surface area (Å²) >= 11 is 0. The number of halogens is 3. The maximum Gasteiger partial charge on any atom is 0.416 e. The van der Waals surface area contributed by atoms with E-state index in [-0.39, 0.29) is 31.0 Å². The fraction of sp³-hybridized carbons (Fsp3) is 0.500. The van der Waals surface area contributed by atoms with Gasteiger partial charge in [-0.2, -0.15) is 13.2 Å². The van der Waals surface area contributed by atoms with E-state index in [0.717, 1.165) is 49.4 Å². The van der Waals surface area contributed by atoms with Gasteiger partial charge in [-0.1, -0.05) is 18.2 Å². The molecule has 0 radical (unpaired) electrons. The molecule has 0 bridgehead atoms. The molecular formula is C26H33F3N2O4. The van der Waals surface area contributed by atoms with Crippen LogP contribution in [0.4, 0.5) is 18.0 Å². The van der Waals surface area contributed by atoms with Crippen molar-refractivity contribution in [2.45, 2.75) is 58.2 Å². The third-order valence-corrected chi connectivity index (χ3v) is 5.98. The Labute approximate surface area is 204 Å². The van der Waals surface area contributed by atoms with E-state index in [1.807, 2.05) is 45.2 Å². The lowest BCUT2D eigenvalue weighted by molar-refractivity contribution is -0.137. The first-order valence-electron chi connectivity index (χ1n) is 11.7. The van der Waals surface area contributed by atoms with Gasteiger partial charge in [0.15, 0.2) is 0 Å². The number of nitrogens with zero attached hydrogens (tertiary/aromatic N) is 2. The van der Waals surface area contributed by atoms with Crippen LogP contribution in [0, 0.1) is 0 Å². The highest BCUT2D eigenvalue weighted by Crippen LogP contribution is 2.34. The van der Waals surface area contributed by atoms with Crippen molar-refractivity contribution in [1.29, 1.82) is 0 Å². The van der Waals surface area contributed by atoms with Crippen molar-refractivity contribution in [3.8, 4) is 11.5 Å². The van der Waals surface area contributed by atoms with Crippen LogP contribution < -0.4 is 9.47 Å². The van der Waals surface area contributed by atoms with Crippen LogP contribution >= 0.6 is 0 Å². The zero-order chi connectivity index (χ0) is 25.6. The summed E-state index contributed by atoms with van der Waals surface area (Å²) < 4.78 is 55.9. The van der Waals surface area contributed by atoms with Crippen LogP contribution in [0.3, 0.4) is 0 Å². The van der Waals surface area contributed by atoms with Crippen molar-refractivity contribution < 1.29 is 32.2 Å². The molecule has 1 heterocycles. The lowest BCUT2D eigenvalue weighted by atomic mass is 10.0. The fourth-order valence-corrected chi connectivity index (χ4v) is 4.05. The number of rotatable bonds is 8. The molecule has 0 unspecified atom stereocenters. The van der Waals surface area contributed by atoms with Crippen molar-refractivity contribution in [3.63, 3.8) is 0 Å². The normalized spacial score (nSPS) is 15.2. The lowest BCUT2D eigenvalue weighted by Gasteiger charge is -2.37. The number of amides is 1. The molecule has 6 nitrogen and oxygen atoms in total. The first-order chi connectivity index (χ1) is 16.6. The number of hydrogen-bond donors (Lipinski definition) is 0. The van der Waals surface area contributed by atoms with Crippen LogP contribution in [-0.2, 0) is 24.1 Å². The van der Waals surface area contributed by atoms with Crippen LogP contribution in [0.25, 0.3) is 0 Å². The fourth-order valence-electron chi connectivity index (χ4n) is 4.05. The Balaban J connectivity index is 1.75. The maximum absolute atomic E-state index is 13.2. The van der Waals surface area contributed by atoms with Gasteiger partial charge in [-0.3, -0.25) is 0 Å². The molecule has 0 saturated carbocycles. The van der Waals surface area contributed by atoms with E-state index in [9.17, 15) is 18.0 Å². The van der Waals surface area contributed by atoms with E-state index in [0.29, 0.717) is 5.56 Å². The largest absolute Gasteiger partial charge is 0.496 e. The van der Waals surface area contributed by atoms with Crippen molar-refractivity contribution >= 4 is 6.09 Å².